The number of nitrogens with one attached hydrogen (secondary N) is 1. The summed E-state index contributed by atoms with van der Waals surface area (Å²) in [6, 6.07) is 13.9. The van der Waals surface area contributed by atoms with E-state index in [0.717, 1.165) is 29.6 Å². The number of likely N-dealkylation sites (tertiary alicyclic amines) is 1. The number of hydrogen-bond donors (Lipinski definition) is 1. The van der Waals surface area contributed by atoms with Crippen LogP contribution in [-0.2, 0) is 16.0 Å². The number of nitro groups is 1. The summed E-state index contributed by atoms with van der Waals surface area (Å²) >= 11 is 0. The third-order valence-electron chi connectivity index (χ3n) is 6.79. The standard InChI is InChI=1S/C27H29N5O5/c1-18-14-20-15-21(9-11-24(20)37-18)28-25(16-32(35)36)29-22-10-8-19-6-2-3-7-23(19)31(27(22)34)17-26(33)30-12-4-5-13-30/h2-3,6-7,9,11,14-15,22H,4-5,8,10,12-13,16-17H2,1H3,(H,28,29). The maximum Gasteiger partial charge on any atom is 0.260 e. The van der Waals surface area contributed by atoms with Crippen LogP contribution in [0, 0.1) is 17.0 Å². The van der Waals surface area contributed by atoms with E-state index < -0.39 is 17.5 Å². The summed E-state index contributed by atoms with van der Waals surface area (Å²) in [7, 11) is 0. The Morgan fingerprint density at radius 2 is 1.97 bits per heavy atom. The van der Waals surface area contributed by atoms with E-state index in [1.54, 1.807) is 17.0 Å². The molecule has 10 nitrogen and oxygen atoms in total. The summed E-state index contributed by atoms with van der Waals surface area (Å²) < 4.78 is 5.61. The Bertz CT molecular complexity index is 1370. The predicted octanol–water partition coefficient (Wildman–Crippen LogP) is 3.80. The van der Waals surface area contributed by atoms with Crippen LogP contribution in [0.2, 0.25) is 0 Å². The summed E-state index contributed by atoms with van der Waals surface area (Å²) in [6.45, 7) is 2.61. The number of fused-ring (bicyclic) bond motifs is 2. The first-order valence-electron chi connectivity index (χ1n) is 12.5. The summed E-state index contributed by atoms with van der Waals surface area (Å²) in [5.74, 6) is 0.414. The lowest BCUT2D eigenvalue weighted by atomic mass is 10.1. The Labute approximate surface area is 214 Å². The molecule has 1 atom stereocenters. The van der Waals surface area contributed by atoms with E-state index in [9.17, 15) is 19.7 Å². The molecule has 0 spiro atoms. The molecule has 2 aromatic carbocycles. The normalized spacial score (nSPS) is 18.1. The predicted molar refractivity (Wildman–Crippen MR) is 141 cm³/mol. The van der Waals surface area contributed by atoms with Crippen molar-refractivity contribution in [3.05, 3.63) is 70.0 Å². The molecule has 5 rings (SSSR count). The number of amides is 2. The highest BCUT2D eigenvalue weighted by Gasteiger charge is 2.33. The number of aryl methyl sites for hydroxylation is 2. The first kappa shape index (κ1) is 24.5. The Morgan fingerprint density at radius 3 is 2.76 bits per heavy atom. The largest absolute Gasteiger partial charge is 0.461 e. The van der Waals surface area contributed by atoms with Gasteiger partial charge in [-0.3, -0.25) is 24.7 Å². The molecule has 3 heterocycles. The van der Waals surface area contributed by atoms with Crippen molar-refractivity contribution in [3.8, 4) is 0 Å². The number of furan rings is 1. The summed E-state index contributed by atoms with van der Waals surface area (Å²) in [5.41, 5.74) is 2.97. The molecule has 1 fully saturated rings. The smallest absolute Gasteiger partial charge is 0.260 e. The molecule has 0 aliphatic carbocycles. The zero-order valence-corrected chi connectivity index (χ0v) is 20.7. The van der Waals surface area contributed by atoms with E-state index >= 15 is 0 Å². The van der Waals surface area contributed by atoms with Gasteiger partial charge in [-0.05, 0) is 68.5 Å². The summed E-state index contributed by atoms with van der Waals surface area (Å²) in [6.07, 6.45) is 2.87. The number of carbonyl (C=O) groups excluding carboxylic acids is 2. The molecule has 0 saturated carbocycles. The number of benzene rings is 2. The first-order valence-corrected chi connectivity index (χ1v) is 12.5. The lowest BCUT2D eigenvalue weighted by molar-refractivity contribution is -0.463. The second-order valence-electron chi connectivity index (χ2n) is 9.50. The molecule has 0 radical (unpaired) electrons. The topological polar surface area (TPSA) is 121 Å². The summed E-state index contributed by atoms with van der Waals surface area (Å²) in [4.78, 5) is 45.6. The fraction of sp³-hybridized carbons (Fsp3) is 0.370. The summed E-state index contributed by atoms with van der Waals surface area (Å²) in [5, 5.41) is 15.4. The van der Waals surface area contributed by atoms with Gasteiger partial charge in [0.2, 0.25) is 5.91 Å². The highest BCUT2D eigenvalue weighted by molar-refractivity contribution is 6.05. The fourth-order valence-corrected chi connectivity index (χ4v) is 5.03. The number of hydrogen-bond acceptors (Lipinski definition) is 6. The van der Waals surface area contributed by atoms with E-state index in [1.807, 2.05) is 43.3 Å². The van der Waals surface area contributed by atoms with E-state index in [-0.39, 0.29) is 24.2 Å². The van der Waals surface area contributed by atoms with Crippen LogP contribution < -0.4 is 10.2 Å². The molecule has 0 bridgehead atoms. The number of rotatable bonds is 6. The number of carbonyl (C=O) groups is 2. The molecule has 10 heteroatoms. The van der Waals surface area contributed by atoms with Gasteiger partial charge in [-0.15, -0.1) is 0 Å². The molecule has 37 heavy (non-hydrogen) atoms. The van der Waals surface area contributed by atoms with Crippen LogP contribution in [0.15, 0.2) is 57.9 Å². The van der Waals surface area contributed by atoms with Crippen LogP contribution in [0.1, 0.15) is 30.6 Å². The third-order valence-corrected chi connectivity index (χ3v) is 6.79. The third kappa shape index (κ3) is 5.47. The number of aliphatic imine (C=N–C) groups is 1. The van der Waals surface area contributed by atoms with Gasteiger partial charge in [0.15, 0.2) is 5.84 Å². The second-order valence-corrected chi connectivity index (χ2v) is 9.50. The number of amidine groups is 1. The van der Waals surface area contributed by atoms with Crippen LogP contribution in [0.25, 0.3) is 11.0 Å². The van der Waals surface area contributed by atoms with E-state index in [0.29, 0.717) is 42.9 Å². The minimum Gasteiger partial charge on any atom is -0.461 e. The van der Waals surface area contributed by atoms with Gasteiger partial charge in [0.25, 0.3) is 12.5 Å². The molecular weight excluding hydrogens is 474 g/mol. The maximum atomic E-state index is 13.7. The van der Waals surface area contributed by atoms with Gasteiger partial charge < -0.3 is 19.5 Å². The van der Waals surface area contributed by atoms with Gasteiger partial charge in [-0.25, -0.2) is 0 Å². The molecule has 192 valence electrons. The van der Waals surface area contributed by atoms with Crippen molar-refractivity contribution in [1.29, 1.82) is 0 Å². The van der Waals surface area contributed by atoms with Crippen LogP contribution >= 0.6 is 0 Å². The highest BCUT2D eigenvalue weighted by atomic mass is 16.6. The Kier molecular flexibility index (Phi) is 6.89. The van der Waals surface area contributed by atoms with Crippen molar-refractivity contribution in [2.45, 2.75) is 38.6 Å². The minimum atomic E-state index is -0.860. The van der Waals surface area contributed by atoms with E-state index in [2.05, 4.69) is 10.3 Å². The molecule has 3 aromatic rings. The fourth-order valence-electron chi connectivity index (χ4n) is 5.03. The Morgan fingerprint density at radius 1 is 1.19 bits per heavy atom. The van der Waals surface area contributed by atoms with Crippen molar-refractivity contribution < 1.29 is 18.9 Å². The quantitative estimate of drug-likeness (QED) is 0.236. The van der Waals surface area contributed by atoms with Crippen LogP contribution in [0.5, 0.6) is 0 Å². The lowest BCUT2D eigenvalue weighted by Crippen LogP contribution is -2.45. The second kappa shape index (κ2) is 10.4. The van der Waals surface area contributed by atoms with Crippen molar-refractivity contribution >= 4 is 40.0 Å². The molecule has 1 saturated heterocycles. The van der Waals surface area contributed by atoms with Crippen molar-refractivity contribution in [2.75, 3.05) is 36.4 Å². The van der Waals surface area contributed by atoms with Crippen LogP contribution in [0.3, 0.4) is 0 Å². The molecular formula is C27H29N5O5. The zero-order valence-electron chi connectivity index (χ0n) is 20.7. The average Bonchev–Trinajstić information content (AvgIpc) is 3.51. The van der Waals surface area contributed by atoms with Crippen molar-refractivity contribution in [3.63, 3.8) is 0 Å². The van der Waals surface area contributed by atoms with Gasteiger partial charge >= 0.3 is 0 Å². The zero-order chi connectivity index (χ0) is 25.9. The van der Waals surface area contributed by atoms with Crippen molar-refractivity contribution in [2.24, 2.45) is 4.99 Å². The van der Waals surface area contributed by atoms with Gasteiger partial charge in [0, 0.05) is 34.8 Å². The first-order chi connectivity index (χ1) is 17.9. The molecule has 1 aromatic heterocycles. The number of nitrogens with zero attached hydrogens (tertiary/aromatic N) is 4. The molecule has 2 amide bonds. The SMILES string of the molecule is Cc1cc2cc(NC(C[N+](=O)[O-])=NC3CCc4ccccc4N(CC(=O)N4CCCC4)C3=O)ccc2o1. The minimum absolute atomic E-state index is 0.0730. The maximum absolute atomic E-state index is 13.7. The molecule has 1 N–H and O–H groups in total. The van der Waals surface area contributed by atoms with Crippen molar-refractivity contribution in [1.82, 2.24) is 4.90 Å². The van der Waals surface area contributed by atoms with Crippen LogP contribution in [0.4, 0.5) is 11.4 Å². The van der Waals surface area contributed by atoms with Gasteiger partial charge in [-0.2, -0.15) is 0 Å². The molecule has 2 aliphatic heterocycles. The van der Waals surface area contributed by atoms with Crippen LogP contribution in [-0.4, -0.2) is 59.7 Å². The molecule has 2 aliphatic rings. The lowest BCUT2D eigenvalue weighted by Gasteiger charge is -2.26. The number of anilines is 2. The molecule has 1 unspecified atom stereocenters. The van der Waals surface area contributed by atoms with Gasteiger partial charge in [0.1, 0.15) is 23.9 Å². The monoisotopic (exact) mass is 503 g/mol. The van der Waals surface area contributed by atoms with E-state index in [4.69, 9.17) is 4.42 Å². The van der Waals surface area contributed by atoms with E-state index in [1.165, 1.54) is 4.90 Å². The average molecular weight is 504 g/mol. The number of para-hydroxylation sites is 1. The Balaban J connectivity index is 1.44. The Hall–Kier alpha value is -4.21. The highest BCUT2D eigenvalue weighted by Crippen LogP contribution is 2.29. The van der Waals surface area contributed by atoms with Gasteiger partial charge in [-0.1, -0.05) is 18.2 Å². The van der Waals surface area contributed by atoms with Gasteiger partial charge in [0.05, 0.1) is 0 Å².